The van der Waals surface area contributed by atoms with Gasteiger partial charge in [-0.15, -0.1) is 0 Å². The van der Waals surface area contributed by atoms with Crippen LogP contribution >= 0.6 is 0 Å². The molecule has 0 aliphatic rings. The average molecular weight is 809 g/mol. The Kier molecular flexibility index (Phi) is 16.8. The number of ether oxygens (including phenoxy) is 6. The van der Waals surface area contributed by atoms with E-state index in [4.69, 9.17) is 47.5 Å². The zero-order valence-corrected chi connectivity index (χ0v) is 34.9. The molecule has 0 aliphatic heterocycles. The maximum Gasteiger partial charge on any atom is 0.261 e. The van der Waals surface area contributed by atoms with Crippen molar-refractivity contribution in [3.63, 3.8) is 0 Å². The second kappa shape index (κ2) is 20.0. The molecule has 0 bridgehead atoms. The molecule has 55 heavy (non-hydrogen) atoms. The monoisotopic (exact) mass is 808 g/mol. The number of rotatable bonds is 14. The number of hydrogen-bond donors (Lipinski definition) is 2. The fraction of sp³-hybridized carbons (Fsp3) is 0.405. The number of pyridine rings is 2. The zero-order valence-electron chi connectivity index (χ0n) is 33.3. The highest BCUT2D eigenvalue weighted by atomic mass is 32.2. The van der Waals surface area contributed by atoms with Crippen molar-refractivity contribution in [1.82, 2.24) is 9.97 Å². The first-order valence-corrected chi connectivity index (χ1v) is 20.1. The van der Waals surface area contributed by atoms with Crippen molar-refractivity contribution in [1.29, 1.82) is 0 Å². The summed E-state index contributed by atoms with van der Waals surface area (Å²) in [6.45, 7) is 6.16. The fourth-order valence-corrected chi connectivity index (χ4v) is 5.54. The van der Waals surface area contributed by atoms with Crippen molar-refractivity contribution in [2.75, 3.05) is 92.2 Å². The van der Waals surface area contributed by atoms with Gasteiger partial charge in [-0.25, -0.2) is 0 Å². The lowest BCUT2D eigenvalue weighted by atomic mass is 9.91. The molecule has 16 nitrogen and oxygen atoms in total. The number of benzene rings is 2. The standard InChI is InChI=1S/C35H44N4O6.2CH4O3S/c1-35(2,21-38(3)25-11-13-27(36-19-25)23-15-29(40-5)33(44-9)30(16-23)41-6)22-39(4)26-12-14-28(37-20-26)24-17-31(42-7)34(45-10)32(18-24)43-8;2*1-5(2,3)4/h11-20H,21-22H2,1-10H3;2*1H3,(H,2,3,4). The number of hydrogen-bond acceptors (Lipinski definition) is 14. The summed E-state index contributed by atoms with van der Waals surface area (Å²) >= 11 is 0. The molecule has 0 saturated heterocycles. The Bertz CT molecular complexity index is 1850. The van der Waals surface area contributed by atoms with Crippen LogP contribution in [0.15, 0.2) is 60.9 Å². The van der Waals surface area contributed by atoms with E-state index in [1.807, 2.05) is 48.8 Å². The molecule has 0 atom stereocenters. The SMILES string of the molecule is COc1cc(-c2ccc(N(C)CC(C)(C)CN(C)c3ccc(-c4cc(OC)c(OC)c(OC)c4)nc3)cn2)cc(OC)c1OC.CS(=O)(=O)O.CS(=O)(=O)O. The molecule has 2 heterocycles. The Morgan fingerprint density at radius 2 is 0.836 bits per heavy atom. The molecule has 0 spiro atoms. The van der Waals surface area contributed by atoms with Gasteiger partial charge in [0.05, 0.1) is 90.3 Å². The predicted octanol–water partition coefficient (Wildman–Crippen LogP) is 5.47. The van der Waals surface area contributed by atoms with Crippen molar-refractivity contribution in [2.24, 2.45) is 5.41 Å². The summed E-state index contributed by atoms with van der Waals surface area (Å²) in [5.74, 6) is 3.46. The number of anilines is 2. The van der Waals surface area contributed by atoms with Gasteiger partial charge >= 0.3 is 0 Å². The van der Waals surface area contributed by atoms with E-state index < -0.39 is 20.2 Å². The minimum Gasteiger partial charge on any atom is -0.493 e. The summed E-state index contributed by atoms with van der Waals surface area (Å²) in [6, 6.07) is 15.8. The van der Waals surface area contributed by atoms with Gasteiger partial charge in [-0.3, -0.25) is 19.1 Å². The summed E-state index contributed by atoms with van der Waals surface area (Å²) in [5.41, 5.74) is 5.39. The minimum absolute atomic E-state index is 0.0473. The summed E-state index contributed by atoms with van der Waals surface area (Å²) in [4.78, 5) is 13.9. The highest BCUT2D eigenvalue weighted by molar-refractivity contribution is 7.85. The third kappa shape index (κ3) is 15.0. The van der Waals surface area contributed by atoms with Crippen LogP contribution in [0.2, 0.25) is 0 Å². The Hall–Kier alpha value is -5.04. The molecule has 0 radical (unpaired) electrons. The molecular formula is C37H52N4O12S2. The van der Waals surface area contributed by atoms with Crippen LogP contribution in [0, 0.1) is 5.41 Å². The highest BCUT2D eigenvalue weighted by Gasteiger charge is 2.24. The zero-order chi connectivity index (χ0) is 41.7. The lowest BCUT2D eigenvalue weighted by Crippen LogP contribution is -2.40. The first kappa shape index (κ1) is 46.1. The summed E-state index contributed by atoms with van der Waals surface area (Å²) in [5, 5.41) is 0. The molecule has 4 aromatic rings. The lowest BCUT2D eigenvalue weighted by molar-refractivity contribution is 0.324. The Morgan fingerprint density at radius 1 is 0.564 bits per heavy atom. The largest absolute Gasteiger partial charge is 0.493 e. The van der Waals surface area contributed by atoms with Gasteiger partial charge < -0.3 is 38.2 Å². The Morgan fingerprint density at radius 3 is 1.04 bits per heavy atom. The number of aromatic nitrogens is 2. The first-order chi connectivity index (χ1) is 25.6. The van der Waals surface area contributed by atoms with E-state index in [0.717, 1.165) is 47.0 Å². The van der Waals surface area contributed by atoms with Crippen molar-refractivity contribution >= 4 is 31.6 Å². The molecule has 2 aromatic heterocycles. The third-order valence-corrected chi connectivity index (χ3v) is 7.63. The van der Waals surface area contributed by atoms with Gasteiger partial charge in [-0.2, -0.15) is 16.8 Å². The Balaban J connectivity index is 0.000000926. The molecule has 304 valence electrons. The van der Waals surface area contributed by atoms with E-state index in [2.05, 4.69) is 49.9 Å². The minimum atomic E-state index is -3.67. The van der Waals surface area contributed by atoms with Crippen LogP contribution in [0.5, 0.6) is 34.5 Å². The topological polar surface area (TPSA) is 196 Å². The highest BCUT2D eigenvalue weighted by Crippen LogP contribution is 2.42. The van der Waals surface area contributed by atoms with Crippen LogP contribution in [-0.4, -0.2) is 118 Å². The summed E-state index contributed by atoms with van der Waals surface area (Å²) in [7, 11) is 6.45. The van der Waals surface area contributed by atoms with E-state index in [1.165, 1.54) is 0 Å². The molecular weight excluding hydrogens is 757 g/mol. The fourth-order valence-electron chi connectivity index (χ4n) is 5.54. The van der Waals surface area contributed by atoms with Crippen LogP contribution in [-0.2, 0) is 20.2 Å². The van der Waals surface area contributed by atoms with Gasteiger partial charge in [0.25, 0.3) is 20.2 Å². The lowest BCUT2D eigenvalue weighted by Gasteiger charge is -2.35. The normalized spacial score (nSPS) is 11.2. The van der Waals surface area contributed by atoms with Crippen LogP contribution in [0.3, 0.4) is 0 Å². The molecule has 0 amide bonds. The maximum atomic E-state index is 9.19. The second-order valence-corrected chi connectivity index (χ2v) is 15.9. The second-order valence-electron chi connectivity index (χ2n) is 13.0. The van der Waals surface area contributed by atoms with Gasteiger partial charge in [0.2, 0.25) is 11.5 Å². The van der Waals surface area contributed by atoms with Crippen LogP contribution in [0.1, 0.15) is 13.8 Å². The average Bonchev–Trinajstić information content (AvgIpc) is 3.11. The number of nitrogens with zero attached hydrogens (tertiary/aromatic N) is 4. The van der Waals surface area contributed by atoms with Gasteiger partial charge in [0.15, 0.2) is 23.0 Å². The van der Waals surface area contributed by atoms with E-state index in [9.17, 15) is 16.8 Å². The summed E-state index contributed by atoms with van der Waals surface area (Å²) < 4.78 is 84.7. The van der Waals surface area contributed by atoms with Gasteiger partial charge in [0.1, 0.15) is 0 Å². The molecule has 0 saturated carbocycles. The Labute approximate surface area is 324 Å². The van der Waals surface area contributed by atoms with E-state index in [1.54, 1.807) is 42.7 Å². The summed E-state index contributed by atoms with van der Waals surface area (Å²) in [6.07, 6.45) is 5.22. The van der Waals surface area contributed by atoms with Crippen molar-refractivity contribution in [3.8, 4) is 57.0 Å². The molecule has 0 aliphatic carbocycles. The quantitative estimate of drug-likeness (QED) is 0.152. The molecule has 4 rings (SSSR count). The first-order valence-electron chi connectivity index (χ1n) is 16.4. The van der Waals surface area contributed by atoms with E-state index >= 15 is 0 Å². The number of methoxy groups -OCH3 is 6. The third-order valence-electron chi connectivity index (χ3n) is 7.63. The predicted molar refractivity (Wildman–Crippen MR) is 214 cm³/mol. The van der Waals surface area contributed by atoms with E-state index in [-0.39, 0.29) is 5.41 Å². The molecule has 18 heteroatoms. The molecule has 2 aromatic carbocycles. The van der Waals surface area contributed by atoms with Gasteiger partial charge in [0, 0.05) is 38.3 Å². The molecule has 2 N–H and O–H groups in total. The van der Waals surface area contributed by atoms with Crippen LogP contribution in [0.4, 0.5) is 11.4 Å². The van der Waals surface area contributed by atoms with Crippen LogP contribution < -0.4 is 38.2 Å². The van der Waals surface area contributed by atoms with E-state index in [0.29, 0.717) is 47.0 Å². The molecule has 0 unspecified atom stereocenters. The van der Waals surface area contributed by atoms with Crippen LogP contribution in [0.25, 0.3) is 22.5 Å². The van der Waals surface area contributed by atoms with Gasteiger partial charge in [-0.1, -0.05) is 13.8 Å². The maximum absolute atomic E-state index is 9.19. The smallest absolute Gasteiger partial charge is 0.261 e. The molecule has 0 fully saturated rings. The van der Waals surface area contributed by atoms with Crippen molar-refractivity contribution in [3.05, 3.63) is 60.9 Å². The van der Waals surface area contributed by atoms with Gasteiger partial charge in [-0.05, 0) is 53.9 Å². The van der Waals surface area contributed by atoms with Crippen molar-refractivity contribution in [2.45, 2.75) is 13.8 Å². The van der Waals surface area contributed by atoms with Crippen molar-refractivity contribution < 1.29 is 54.4 Å².